The number of hydrogen-bond donors (Lipinski definition) is 0. The zero-order valence-corrected chi connectivity index (χ0v) is 18.8. The van der Waals surface area contributed by atoms with Crippen LogP contribution in [0.1, 0.15) is 18.4 Å². The first-order chi connectivity index (χ1) is 15.1. The number of sulfonamides is 1. The molecule has 0 unspecified atom stereocenters. The van der Waals surface area contributed by atoms with E-state index in [9.17, 15) is 8.42 Å². The number of benzene rings is 3. The molecule has 2 aliphatic heterocycles. The maximum atomic E-state index is 13.4. The van der Waals surface area contributed by atoms with Crippen LogP contribution in [-0.4, -0.2) is 53.1 Å². The number of aryl methyl sites for hydroxylation is 1. The molecule has 0 spiro atoms. The molecule has 0 radical (unpaired) electrons. The summed E-state index contributed by atoms with van der Waals surface area (Å²) in [5, 5.41) is 1.94. The maximum absolute atomic E-state index is 13.4. The van der Waals surface area contributed by atoms with E-state index in [1.165, 1.54) is 5.56 Å². The Morgan fingerprint density at radius 3 is 2.48 bits per heavy atom. The van der Waals surface area contributed by atoms with Crippen molar-refractivity contribution in [2.45, 2.75) is 24.2 Å². The average molecular weight is 436 g/mol. The predicted octanol–water partition coefficient (Wildman–Crippen LogP) is 4.12. The van der Waals surface area contributed by atoms with Crippen molar-refractivity contribution in [2.24, 2.45) is 0 Å². The molecule has 0 saturated carbocycles. The standard InChI is InChI=1S/C25H29N3O2S/c1-26-15-7-16-27(19-18-26)22-13-14-23-25-21(22)11-5-12-24(25)31(29,30)28(23)17-6-10-20-8-3-2-4-9-20/h2-5,8-9,11-14H,6-7,10,15-19H2,1H3. The monoisotopic (exact) mass is 435 g/mol. The number of anilines is 2. The van der Waals surface area contributed by atoms with Gasteiger partial charge in [-0.15, -0.1) is 0 Å². The normalized spacial score (nSPS) is 18.5. The molecule has 5 nitrogen and oxygen atoms in total. The van der Waals surface area contributed by atoms with Gasteiger partial charge < -0.3 is 9.80 Å². The minimum Gasteiger partial charge on any atom is -0.370 e. The summed E-state index contributed by atoms with van der Waals surface area (Å²) in [7, 11) is -1.35. The molecule has 5 rings (SSSR count). The Hall–Kier alpha value is -2.57. The Balaban J connectivity index is 1.48. The van der Waals surface area contributed by atoms with Crippen molar-refractivity contribution in [2.75, 3.05) is 49.0 Å². The van der Waals surface area contributed by atoms with Crippen molar-refractivity contribution in [3.8, 4) is 0 Å². The Bertz CT molecular complexity index is 1190. The number of rotatable bonds is 5. The summed E-state index contributed by atoms with van der Waals surface area (Å²) in [6.07, 6.45) is 2.77. The summed E-state index contributed by atoms with van der Waals surface area (Å²) in [6.45, 7) is 4.57. The highest BCUT2D eigenvalue weighted by atomic mass is 32.2. The molecular weight excluding hydrogens is 406 g/mol. The van der Waals surface area contributed by atoms with Crippen LogP contribution in [0.15, 0.2) is 65.6 Å². The number of hydrogen-bond acceptors (Lipinski definition) is 4. The van der Waals surface area contributed by atoms with E-state index >= 15 is 0 Å². The van der Waals surface area contributed by atoms with Gasteiger partial charge in [0, 0.05) is 42.6 Å². The van der Waals surface area contributed by atoms with E-state index in [0.29, 0.717) is 11.4 Å². The predicted molar refractivity (Wildman–Crippen MR) is 128 cm³/mol. The lowest BCUT2D eigenvalue weighted by Crippen LogP contribution is -2.29. The molecule has 0 amide bonds. The quantitative estimate of drug-likeness (QED) is 0.605. The van der Waals surface area contributed by atoms with Crippen LogP contribution in [0.4, 0.5) is 11.4 Å². The van der Waals surface area contributed by atoms with E-state index in [-0.39, 0.29) is 0 Å². The Kier molecular flexibility index (Phi) is 5.36. The molecule has 0 aromatic heterocycles. The van der Waals surface area contributed by atoms with Gasteiger partial charge in [0.1, 0.15) is 0 Å². The van der Waals surface area contributed by atoms with Crippen LogP contribution >= 0.6 is 0 Å². The van der Waals surface area contributed by atoms with E-state index < -0.39 is 10.0 Å². The molecular formula is C25H29N3O2S. The largest absolute Gasteiger partial charge is 0.370 e. The van der Waals surface area contributed by atoms with E-state index in [4.69, 9.17) is 0 Å². The lowest BCUT2D eigenvalue weighted by atomic mass is 10.0. The third kappa shape index (κ3) is 3.68. The Morgan fingerprint density at radius 2 is 1.65 bits per heavy atom. The SMILES string of the molecule is CN1CCCN(c2ccc3c4c(cccc24)S(=O)(=O)N3CCCc2ccccc2)CC1. The molecule has 3 aromatic carbocycles. The minimum atomic E-state index is -3.51. The fourth-order valence-electron chi connectivity index (χ4n) is 4.89. The van der Waals surface area contributed by atoms with Gasteiger partial charge in [0.25, 0.3) is 10.0 Å². The summed E-state index contributed by atoms with van der Waals surface area (Å²) >= 11 is 0. The molecule has 0 N–H and O–H groups in total. The number of likely N-dealkylation sites (N-methyl/N-ethyl adjacent to an activating group) is 1. The molecule has 2 aliphatic rings. The van der Waals surface area contributed by atoms with E-state index in [1.54, 1.807) is 10.4 Å². The van der Waals surface area contributed by atoms with Crippen molar-refractivity contribution in [1.29, 1.82) is 0 Å². The van der Waals surface area contributed by atoms with Crippen molar-refractivity contribution in [1.82, 2.24) is 4.90 Å². The molecule has 162 valence electrons. The first-order valence-corrected chi connectivity index (χ1v) is 12.6. The minimum absolute atomic E-state index is 0.452. The Labute approximate surface area is 184 Å². The molecule has 1 fully saturated rings. The van der Waals surface area contributed by atoms with Crippen molar-refractivity contribution < 1.29 is 8.42 Å². The highest BCUT2D eigenvalue weighted by Crippen LogP contribution is 2.45. The summed E-state index contributed by atoms with van der Waals surface area (Å²) < 4.78 is 28.4. The highest BCUT2D eigenvalue weighted by Gasteiger charge is 2.36. The second-order valence-corrected chi connectivity index (χ2v) is 10.4. The van der Waals surface area contributed by atoms with Gasteiger partial charge >= 0.3 is 0 Å². The summed E-state index contributed by atoms with van der Waals surface area (Å²) in [5.74, 6) is 0. The maximum Gasteiger partial charge on any atom is 0.265 e. The topological polar surface area (TPSA) is 43.9 Å². The van der Waals surface area contributed by atoms with Crippen LogP contribution in [0.5, 0.6) is 0 Å². The fourth-order valence-corrected chi connectivity index (χ4v) is 6.63. The molecule has 0 aliphatic carbocycles. The zero-order chi connectivity index (χ0) is 21.4. The molecule has 0 atom stereocenters. The molecule has 3 aromatic rings. The van der Waals surface area contributed by atoms with Gasteiger partial charge in [-0.25, -0.2) is 8.42 Å². The Morgan fingerprint density at radius 1 is 0.839 bits per heavy atom. The lowest BCUT2D eigenvalue weighted by molar-refractivity contribution is 0.360. The van der Waals surface area contributed by atoms with Gasteiger partial charge in [-0.1, -0.05) is 42.5 Å². The second kappa shape index (κ2) is 8.17. The third-order valence-corrected chi connectivity index (χ3v) is 8.38. The van der Waals surface area contributed by atoms with Gasteiger partial charge in [-0.05, 0) is 56.6 Å². The number of nitrogens with zero attached hydrogens (tertiary/aromatic N) is 3. The van der Waals surface area contributed by atoms with Crippen LogP contribution in [-0.2, 0) is 16.4 Å². The van der Waals surface area contributed by atoms with Crippen molar-refractivity contribution in [3.63, 3.8) is 0 Å². The second-order valence-electron chi connectivity index (χ2n) is 8.59. The fraction of sp³-hybridized carbons (Fsp3) is 0.360. The van der Waals surface area contributed by atoms with Gasteiger partial charge in [0.05, 0.1) is 10.6 Å². The van der Waals surface area contributed by atoms with E-state index in [1.807, 2.05) is 30.3 Å². The lowest BCUT2D eigenvalue weighted by Gasteiger charge is -2.25. The molecule has 6 heteroatoms. The van der Waals surface area contributed by atoms with Crippen LogP contribution in [0.25, 0.3) is 10.8 Å². The van der Waals surface area contributed by atoms with Crippen molar-refractivity contribution in [3.05, 3.63) is 66.2 Å². The summed E-state index contributed by atoms with van der Waals surface area (Å²) in [5.41, 5.74) is 3.22. The van der Waals surface area contributed by atoms with Crippen LogP contribution < -0.4 is 9.21 Å². The average Bonchev–Trinajstić information content (AvgIpc) is 2.90. The summed E-state index contributed by atoms with van der Waals surface area (Å²) in [4.78, 5) is 5.23. The molecule has 31 heavy (non-hydrogen) atoms. The van der Waals surface area contributed by atoms with Crippen LogP contribution in [0.2, 0.25) is 0 Å². The van der Waals surface area contributed by atoms with Crippen LogP contribution in [0, 0.1) is 0 Å². The molecule has 2 heterocycles. The summed E-state index contributed by atoms with van der Waals surface area (Å²) in [6, 6.07) is 20.1. The van der Waals surface area contributed by atoms with Gasteiger partial charge in [-0.3, -0.25) is 4.31 Å². The van der Waals surface area contributed by atoms with E-state index in [2.05, 4.69) is 41.1 Å². The first kappa shape index (κ1) is 20.3. The third-order valence-electron chi connectivity index (χ3n) is 6.52. The van der Waals surface area contributed by atoms with Gasteiger partial charge in [-0.2, -0.15) is 0 Å². The highest BCUT2D eigenvalue weighted by molar-refractivity contribution is 7.93. The molecule has 0 bridgehead atoms. The van der Waals surface area contributed by atoms with Gasteiger partial charge in [0.2, 0.25) is 0 Å². The van der Waals surface area contributed by atoms with Gasteiger partial charge in [0.15, 0.2) is 0 Å². The zero-order valence-electron chi connectivity index (χ0n) is 18.0. The van der Waals surface area contributed by atoms with Crippen molar-refractivity contribution >= 4 is 32.2 Å². The van der Waals surface area contributed by atoms with E-state index in [0.717, 1.165) is 67.6 Å². The smallest absolute Gasteiger partial charge is 0.265 e. The first-order valence-electron chi connectivity index (χ1n) is 11.1. The molecule has 1 saturated heterocycles. The van der Waals surface area contributed by atoms with Crippen LogP contribution in [0.3, 0.4) is 0 Å².